The molecule has 1 heterocycles. The van der Waals surface area contributed by atoms with Gasteiger partial charge in [0.05, 0.1) is 12.7 Å². The summed E-state index contributed by atoms with van der Waals surface area (Å²) in [5.41, 5.74) is 0. The van der Waals surface area contributed by atoms with Crippen LogP contribution >= 0.6 is 0 Å². The van der Waals surface area contributed by atoms with E-state index in [0.717, 1.165) is 25.9 Å². The summed E-state index contributed by atoms with van der Waals surface area (Å²) in [4.78, 5) is 0. The van der Waals surface area contributed by atoms with Gasteiger partial charge in [-0.2, -0.15) is 13.1 Å². The van der Waals surface area contributed by atoms with Crippen molar-refractivity contribution in [3.8, 4) is 0 Å². The first-order valence-corrected chi connectivity index (χ1v) is 8.18. The van der Waals surface area contributed by atoms with Crippen molar-refractivity contribution in [2.45, 2.75) is 25.4 Å². The summed E-state index contributed by atoms with van der Waals surface area (Å²) < 4.78 is 38.2. The molecule has 1 fully saturated rings. The molecule has 0 unspecified atom stereocenters. The second-order valence-corrected chi connectivity index (χ2v) is 6.04. The predicted octanol–water partition coefficient (Wildman–Crippen LogP) is -0.784. The highest BCUT2D eigenvalue weighted by Crippen LogP contribution is 2.06. The number of piperidine rings is 1. The summed E-state index contributed by atoms with van der Waals surface area (Å²) in [6.45, 7) is 3.61. The summed E-state index contributed by atoms with van der Waals surface area (Å²) >= 11 is 0. The minimum atomic E-state index is -3.40. The van der Waals surface area contributed by atoms with E-state index in [1.807, 2.05) is 0 Å². The number of hydrogen-bond acceptors (Lipinski definition) is 5. The molecule has 7 nitrogen and oxygen atoms in total. The second kappa shape index (κ2) is 9.62. The van der Waals surface area contributed by atoms with E-state index in [2.05, 4.69) is 14.8 Å². The van der Waals surface area contributed by atoms with Crippen molar-refractivity contribution in [2.24, 2.45) is 0 Å². The number of rotatable bonds is 10. The first-order valence-electron chi connectivity index (χ1n) is 6.69. The summed E-state index contributed by atoms with van der Waals surface area (Å²) in [5, 5.41) is 3.27. The number of methoxy groups -OCH3 is 1. The molecule has 1 aliphatic rings. The molecule has 0 saturated carbocycles. The van der Waals surface area contributed by atoms with Crippen molar-refractivity contribution in [3.05, 3.63) is 0 Å². The fourth-order valence-electron chi connectivity index (χ4n) is 1.82. The maximum Gasteiger partial charge on any atom is 0.276 e. The zero-order valence-electron chi connectivity index (χ0n) is 11.5. The van der Waals surface area contributed by atoms with Gasteiger partial charge in [-0.15, -0.1) is 0 Å². The topological polar surface area (TPSA) is 88.7 Å². The monoisotopic (exact) mass is 295 g/mol. The van der Waals surface area contributed by atoms with E-state index in [9.17, 15) is 8.42 Å². The van der Waals surface area contributed by atoms with Crippen molar-refractivity contribution in [3.63, 3.8) is 0 Å². The van der Waals surface area contributed by atoms with Crippen LogP contribution in [-0.2, 0) is 19.7 Å². The van der Waals surface area contributed by atoms with Crippen LogP contribution in [0.4, 0.5) is 0 Å². The lowest BCUT2D eigenvalue weighted by Crippen LogP contribution is -2.39. The van der Waals surface area contributed by atoms with Gasteiger partial charge in [0.25, 0.3) is 10.2 Å². The van der Waals surface area contributed by atoms with Crippen LogP contribution in [0.1, 0.15) is 19.3 Å². The van der Waals surface area contributed by atoms with Gasteiger partial charge < -0.3 is 14.8 Å². The minimum Gasteiger partial charge on any atom is -0.383 e. The number of hydrogen-bond donors (Lipinski definition) is 3. The smallest absolute Gasteiger partial charge is 0.276 e. The Labute approximate surface area is 115 Å². The first kappa shape index (κ1) is 16.8. The molecule has 0 aliphatic carbocycles. The predicted molar refractivity (Wildman–Crippen MR) is 73.3 cm³/mol. The summed E-state index contributed by atoms with van der Waals surface area (Å²) in [5.74, 6) is 0. The number of nitrogens with one attached hydrogen (secondary N) is 3. The van der Waals surface area contributed by atoms with E-state index in [-0.39, 0.29) is 6.54 Å². The Hall–Kier alpha value is -0.250. The highest BCUT2D eigenvalue weighted by Gasteiger charge is 2.13. The van der Waals surface area contributed by atoms with Crippen molar-refractivity contribution >= 4 is 10.2 Å². The highest BCUT2D eigenvalue weighted by atomic mass is 32.2. The van der Waals surface area contributed by atoms with Gasteiger partial charge >= 0.3 is 0 Å². The van der Waals surface area contributed by atoms with Crippen LogP contribution in [-0.4, -0.2) is 61.0 Å². The van der Waals surface area contributed by atoms with Gasteiger partial charge in [0.1, 0.15) is 0 Å². The van der Waals surface area contributed by atoms with Crippen LogP contribution < -0.4 is 14.8 Å². The lowest BCUT2D eigenvalue weighted by atomic mass is 10.1. The number of ether oxygens (including phenoxy) is 2. The molecule has 114 valence electrons. The average Bonchev–Trinajstić information content (AvgIpc) is 2.39. The molecule has 0 spiro atoms. The van der Waals surface area contributed by atoms with Crippen molar-refractivity contribution in [1.29, 1.82) is 0 Å². The van der Waals surface area contributed by atoms with Gasteiger partial charge in [-0.05, 0) is 32.4 Å². The molecule has 19 heavy (non-hydrogen) atoms. The van der Waals surface area contributed by atoms with Gasteiger partial charge in [0.15, 0.2) is 0 Å². The molecule has 8 heteroatoms. The third-order valence-corrected chi connectivity index (χ3v) is 4.02. The van der Waals surface area contributed by atoms with Crippen LogP contribution in [0.25, 0.3) is 0 Å². The molecule has 1 aliphatic heterocycles. The largest absolute Gasteiger partial charge is 0.383 e. The summed E-state index contributed by atoms with van der Waals surface area (Å²) in [6.07, 6.45) is 3.06. The fraction of sp³-hybridized carbons (Fsp3) is 1.00. The first-order chi connectivity index (χ1) is 9.14. The Kier molecular flexibility index (Phi) is 8.51. The zero-order chi connectivity index (χ0) is 14.0. The molecular formula is C11H25N3O4S. The van der Waals surface area contributed by atoms with E-state index in [4.69, 9.17) is 9.47 Å². The van der Waals surface area contributed by atoms with Gasteiger partial charge in [-0.25, -0.2) is 4.72 Å². The molecule has 0 bridgehead atoms. The van der Waals surface area contributed by atoms with Crippen molar-refractivity contribution in [2.75, 3.05) is 46.5 Å². The maximum atomic E-state index is 11.4. The van der Waals surface area contributed by atoms with Gasteiger partial charge in [-0.3, -0.25) is 0 Å². The molecule has 1 saturated heterocycles. The lowest BCUT2D eigenvalue weighted by Gasteiger charge is -2.22. The Balaban J connectivity index is 1.99. The van der Waals surface area contributed by atoms with Crippen LogP contribution in [0.15, 0.2) is 0 Å². The van der Waals surface area contributed by atoms with E-state index in [1.54, 1.807) is 0 Å². The zero-order valence-corrected chi connectivity index (χ0v) is 12.3. The molecule has 0 amide bonds. The van der Waals surface area contributed by atoms with E-state index in [1.165, 1.54) is 7.11 Å². The molecule has 0 radical (unpaired) electrons. The molecule has 0 aromatic rings. The molecular weight excluding hydrogens is 270 g/mol. The van der Waals surface area contributed by atoms with E-state index < -0.39 is 10.2 Å². The normalized spacial score (nSPS) is 17.7. The minimum absolute atomic E-state index is 0.275. The summed E-state index contributed by atoms with van der Waals surface area (Å²) in [7, 11) is -1.88. The van der Waals surface area contributed by atoms with Gasteiger partial charge in [-0.1, -0.05) is 0 Å². The standard InChI is InChI=1S/C11H25N3O4S/c1-17-10-8-14-19(15,16)13-5-2-9-18-11-3-6-12-7-4-11/h11-14H,2-10H2,1H3. The molecule has 0 atom stereocenters. The molecule has 3 N–H and O–H groups in total. The molecule has 1 rings (SSSR count). The van der Waals surface area contributed by atoms with Crippen molar-refractivity contribution < 1.29 is 17.9 Å². The molecule has 0 aromatic carbocycles. The molecule has 0 aromatic heterocycles. The quantitative estimate of drug-likeness (QED) is 0.460. The third-order valence-electron chi connectivity index (χ3n) is 2.85. The van der Waals surface area contributed by atoms with Crippen molar-refractivity contribution in [1.82, 2.24) is 14.8 Å². The Morgan fingerprint density at radius 1 is 1.16 bits per heavy atom. The van der Waals surface area contributed by atoms with Crippen LogP contribution in [0.5, 0.6) is 0 Å². The Morgan fingerprint density at radius 2 is 1.84 bits per heavy atom. The lowest BCUT2D eigenvalue weighted by molar-refractivity contribution is 0.0322. The third kappa shape index (κ3) is 8.51. The Bertz CT molecular complexity index is 318. The Morgan fingerprint density at radius 3 is 2.53 bits per heavy atom. The van der Waals surface area contributed by atoms with Crippen LogP contribution in [0, 0.1) is 0 Å². The maximum absolute atomic E-state index is 11.4. The van der Waals surface area contributed by atoms with Gasteiger partial charge in [0, 0.05) is 26.8 Å². The van der Waals surface area contributed by atoms with E-state index >= 15 is 0 Å². The van der Waals surface area contributed by atoms with E-state index in [0.29, 0.717) is 32.3 Å². The fourth-order valence-corrected chi connectivity index (χ4v) is 2.69. The summed E-state index contributed by atoms with van der Waals surface area (Å²) in [6, 6.07) is 0. The van der Waals surface area contributed by atoms with Crippen LogP contribution in [0.3, 0.4) is 0 Å². The second-order valence-electron chi connectivity index (χ2n) is 4.46. The SMILES string of the molecule is COCCNS(=O)(=O)NCCCOC1CCNCC1. The van der Waals surface area contributed by atoms with Gasteiger partial charge in [0.2, 0.25) is 0 Å². The van der Waals surface area contributed by atoms with Crippen LogP contribution in [0.2, 0.25) is 0 Å². The highest BCUT2D eigenvalue weighted by molar-refractivity contribution is 7.87. The average molecular weight is 295 g/mol.